The number of amides is 4. The molecule has 0 unspecified atom stereocenters. The Labute approximate surface area is 64.1 Å². The van der Waals surface area contributed by atoms with Gasteiger partial charge in [-0.15, -0.1) is 10.2 Å². The predicted octanol–water partition coefficient (Wildman–Crippen LogP) is 2.30. The van der Waals surface area contributed by atoms with Crippen molar-refractivity contribution in [2.45, 2.75) is 0 Å². The van der Waals surface area contributed by atoms with Crippen molar-refractivity contribution < 1.29 is 9.59 Å². The molecule has 0 aromatic carbocycles. The molecule has 0 saturated carbocycles. The van der Waals surface area contributed by atoms with E-state index in [1.165, 1.54) is 0 Å². The van der Waals surface area contributed by atoms with Crippen molar-refractivity contribution in [1.82, 2.24) is 0 Å². The lowest BCUT2D eigenvalue weighted by Crippen LogP contribution is -1.83. The zero-order valence-corrected chi connectivity index (χ0v) is 5.39. The van der Waals surface area contributed by atoms with E-state index in [1.54, 1.807) is 0 Å². The molecule has 0 fully saturated rings. The van der Waals surface area contributed by atoms with Crippen molar-refractivity contribution in [2.24, 2.45) is 20.5 Å². The highest BCUT2D eigenvalue weighted by molar-refractivity contribution is 5.80. The van der Waals surface area contributed by atoms with E-state index in [0.29, 0.717) is 0 Å². The normalized spacial score (nSPS) is 8.33. The van der Waals surface area contributed by atoms with Crippen molar-refractivity contribution in [3.05, 3.63) is 20.9 Å². The molecule has 12 heavy (non-hydrogen) atoms. The second kappa shape index (κ2) is 5.35. The Bertz CT molecular complexity index is 284. The van der Waals surface area contributed by atoms with Gasteiger partial charge in [-0.05, 0) is 11.1 Å². The van der Waals surface area contributed by atoms with Crippen molar-refractivity contribution in [3.8, 4) is 0 Å². The second-order valence-electron chi connectivity index (χ2n) is 1.14. The standard InChI is InChI=1S/C2N8O2/c3-9-7-1(11)5-6-2(12)8-10-4. The molecule has 0 N–H and O–H groups in total. The molecule has 0 spiro atoms. The first kappa shape index (κ1) is 9.56. The quantitative estimate of drug-likeness (QED) is 0.308. The van der Waals surface area contributed by atoms with Crippen LogP contribution >= 0.6 is 0 Å². The lowest BCUT2D eigenvalue weighted by atomic mass is 11.1. The lowest BCUT2D eigenvalue weighted by molar-refractivity contribution is 0.249. The number of nitrogens with zero attached hydrogens (tertiary/aromatic N) is 8. The molecule has 60 valence electrons. The summed E-state index contributed by atoms with van der Waals surface area (Å²) in [6.45, 7) is 0. The van der Waals surface area contributed by atoms with Crippen LogP contribution in [0.5, 0.6) is 0 Å². The van der Waals surface area contributed by atoms with E-state index in [1.807, 2.05) is 0 Å². The smallest absolute Gasteiger partial charge is 0.263 e. The summed E-state index contributed by atoms with van der Waals surface area (Å²) >= 11 is 0. The molecular formula is C2N8O2. The third-order valence-corrected chi connectivity index (χ3v) is 0.482. The Kier molecular flexibility index (Phi) is 4.26. The molecule has 0 rings (SSSR count). The monoisotopic (exact) mass is 168 g/mol. The van der Waals surface area contributed by atoms with Crippen LogP contribution in [0.15, 0.2) is 20.5 Å². The topological polar surface area (TPSA) is 156 Å². The summed E-state index contributed by atoms with van der Waals surface area (Å²) in [6.07, 6.45) is 0. The third kappa shape index (κ3) is 4.44. The molecule has 0 saturated heterocycles. The van der Waals surface area contributed by atoms with Gasteiger partial charge in [-0.25, -0.2) is 0 Å². The van der Waals surface area contributed by atoms with Gasteiger partial charge in [0.05, 0.1) is 0 Å². The van der Waals surface area contributed by atoms with E-state index < -0.39 is 12.1 Å². The number of carbonyl (C=O) groups excluding carboxylic acids is 2. The Morgan fingerprint density at radius 1 is 0.917 bits per heavy atom. The van der Waals surface area contributed by atoms with Crippen LogP contribution in [0.4, 0.5) is 9.59 Å². The summed E-state index contributed by atoms with van der Waals surface area (Å²) < 4.78 is 0. The van der Waals surface area contributed by atoms with Crippen LogP contribution in [0.3, 0.4) is 0 Å². The maximum absolute atomic E-state index is 10.2. The number of carbonyl (C=O) groups is 2. The SMILES string of the molecule is [N-]=[N+]=NC(=O)N=NC(=O)N=[N+]=[N-]. The van der Waals surface area contributed by atoms with Crippen molar-refractivity contribution >= 4 is 12.1 Å². The molecular weight excluding hydrogens is 168 g/mol. The molecule has 0 bridgehead atoms. The molecule has 0 aliphatic carbocycles. The molecule has 0 radical (unpaired) electrons. The highest BCUT2D eigenvalue weighted by atomic mass is 16.2. The summed E-state index contributed by atoms with van der Waals surface area (Å²) in [5.74, 6) is 0. The van der Waals surface area contributed by atoms with E-state index in [-0.39, 0.29) is 0 Å². The molecule has 0 aliphatic rings. The molecule has 10 nitrogen and oxygen atoms in total. The van der Waals surface area contributed by atoms with Crippen LogP contribution < -0.4 is 0 Å². The molecule has 10 heteroatoms. The van der Waals surface area contributed by atoms with Gasteiger partial charge in [-0.3, -0.25) is 9.59 Å². The van der Waals surface area contributed by atoms with Gasteiger partial charge in [0.15, 0.2) is 0 Å². The molecule has 0 atom stereocenters. The number of azo groups is 1. The zero-order valence-electron chi connectivity index (χ0n) is 5.39. The van der Waals surface area contributed by atoms with E-state index in [9.17, 15) is 9.59 Å². The summed E-state index contributed by atoms with van der Waals surface area (Å²) in [6, 6.07) is -2.59. The fourth-order valence-corrected chi connectivity index (χ4v) is 0.202. The largest absolute Gasteiger partial charge is 0.352 e. The maximum atomic E-state index is 10.2. The van der Waals surface area contributed by atoms with E-state index in [4.69, 9.17) is 11.1 Å². The summed E-state index contributed by atoms with van der Waals surface area (Å²) in [4.78, 5) is 24.5. The zero-order chi connectivity index (χ0) is 9.40. The summed E-state index contributed by atoms with van der Waals surface area (Å²) in [7, 11) is 0. The minimum atomic E-state index is -1.29. The summed E-state index contributed by atoms with van der Waals surface area (Å²) in [5, 5.41) is 10.1. The minimum absolute atomic E-state index is 1.29. The Morgan fingerprint density at radius 3 is 1.50 bits per heavy atom. The van der Waals surface area contributed by atoms with Crippen LogP contribution in [-0.4, -0.2) is 12.1 Å². The lowest BCUT2D eigenvalue weighted by Gasteiger charge is -1.75. The summed E-state index contributed by atoms with van der Waals surface area (Å²) in [5.41, 5.74) is 15.3. The van der Waals surface area contributed by atoms with E-state index in [2.05, 4.69) is 30.3 Å². The van der Waals surface area contributed by atoms with Crippen molar-refractivity contribution in [1.29, 1.82) is 0 Å². The molecule has 4 amide bonds. The van der Waals surface area contributed by atoms with Gasteiger partial charge in [-0.1, -0.05) is 0 Å². The van der Waals surface area contributed by atoms with E-state index in [0.717, 1.165) is 0 Å². The average molecular weight is 168 g/mol. The number of rotatable bonds is 0. The Balaban J connectivity index is 4.25. The fraction of sp³-hybridized carbons (Fsp3) is 0. The highest BCUT2D eigenvalue weighted by Gasteiger charge is 1.95. The number of azide groups is 2. The highest BCUT2D eigenvalue weighted by Crippen LogP contribution is 1.88. The molecule has 0 aliphatic heterocycles. The first-order chi connectivity index (χ1) is 5.70. The Morgan fingerprint density at radius 2 is 1.25 bits per heavy atom. The van der Waals surface area contributed by atoms with Gasteiger partial charge in [0, 0.05) is 20.1 Å². The van der Waals surface area contributed by atoms with Gasteiger partial charge < -0.3 is 0 Å². The fourth-order valence-electron chi connectivity index (χ4n) is 0.202. The van der Waals surface area contributed by atoms with Gasteiger partial charge >= 0.3 is 12.1 Å². The van der Waals surface area contributed by atoms with Crippen LogP contribution in [0, 0.1) is 0 Å². The van der Waals surface area contributed by atoms with Gasteiger partial charge in [0.2, 0.25) is 0 Å². The average Bonchev–Trinajstić information content (AvgIpc) is 2.02. The van der Waals surface area contributed by atoms with Crippen molar-refractivity contribution in [3.63, 3.8) is 0 Å². The number of hydrogen-bond donors (Lipinski definition) is 0. The minimum Gasteiger partial charge on any atom is -0.263 e. The van der Waals surface area contributed by atoms with Gasteiger partial charge in [0.25, 0.3) is 0 Å². The van der Waals surface area contributed by atoms with E-state index >= 15 is 0 Å². The first-order valence-corrected chi connectivity index (χ1v) is 2.30. The molecule has 0 heterocycles. The van der Waals surface area contributed by atoms with Crippen LogP contribution in [0.1, 0.15) is 0 Å². The Hall–Kier alpha value is -2.44. The molecule has 0 aromatic heterocycles. The first-order valence-electron chi connectivity index (χ1n) is 2.30. The maximum Gasteiger partial charge on any atom is 0.352 e. The van der Waals surface area contributed by atoms with Gasteiger partial charge in [0.1, 0.15) is 0 Å². The van der Waals surface area contributed by atoms with Crippen LogP contribution in [0.25, 0.3) is 20.9 Å². The van der Waals surface area contributed by atoms with Crippen molar-refractivity contribution in [2.75, 3.05) is 0 Å². The molecule has 0 aromatic rings. The van der Waals surface area contributed by atoms with Crippen LogP contribution in [-0.2, 0) is 0 Å². The third-order valence-electron chi connectivity index (χ3n) is 0.482. The van der Waals surface area contributed by atoms with Gasteiger partial charge in [-0.2, -0.15) is 0 Å². The predicted molar refractivity (Wildman–Crippen MR) is 33.9 cm³/mol. The number of hydrogen-bond acceptors (Lipinski definition) is 2. The number of urea groups is 2. The second-order valence-corrected chi connectivity index (χ2v) is 1.14. The van der Waals surface area contributed by atoms with Crippen LogP contribution in [0.2, 0.25) is 0 Å².